The monoisotopic (exact) mass is 327 g/mol. The molecule has 1 atom stereocenters. The molecule has 0 bridgehead atoms. The summed E-state index contributed by atoms with van der Waals surface area (Å²) < 4.78 is 5.08. The van der Waals surface area contributed by atoms with Crippen LogP contribution in [0.15, 0.2) is 46.9 Å². The lowest BCUT2D eigenvalue weighted by Gasteiger charge is -2.26. The van der Waals surface area contributed by atoms with Crippen molar-refractivity contribution in [2.24, 2.45) is 0 Å². The predicted octanol–water partition coefficient (Wildman–Crippen LogP) is 2.59. The number of nitrogens with one attached hydrogen (secondary N) is 1. The number of dihydropyridines is 1. The fourth-order valence-electron chi connectivity index (χ4n) is 2.86. The summed E-state index contributed by atoms with van der Waals surface area (Å²) in [7, 11) is 0. The average molecular weight is 327 g/mol. The smallest absolute Gasteiger partial charge is 0.336 e. The van der Waals surface area contributed by atoms with Crippen molar-refractivity contribution in [3.63, 3.8) is 0 Å². The summed E-state index contributed by atoms with van der Waals surface area (Å²) in [6, 6.07) is 8.58. The molecule has 2 rings (SSSR count). The van der Waals surface area contributed by atoms with E-state index in [1.165, 1.54) is 0 Å². The second-order valence-corrected chi connectivity index (χ2v) is 5.28. The summed E-state index contributed by atoms with van der Waals surface area (Å²) in [6.07, 6.45) is 0. The van der Waals surface area contributed by atoms with E-state index in [9.17, 15) is 20.2 Å². The topological polar surface area (TPSA) is 105 Å². The minimum atomic E-state index is -0.962. The van der Waals surface area contributed by atoms with Gasteiger partial charge in [0.05, 0.1) is 34.4 Å². The SMILES string of the molecule is CCOC(=O)C1=C(C)NC(C)=C([N+](=O)[O-])C1c1ccccc1C#N. The van der Waals surface area contributed by atoms with Gasteiger partial charge in [-0.1, -0.05) is 18.2 Å². The van der Waals surface area contributed by atoms with Crippen molar-refractivity contribution in [2.75, 3.05) is 6.61 Å². The highest BCUT2D eigenvalue weighted by Crippen LogP contribution is 2.39. The van der Waals surface area contributed by atoms with Crippen LogP contribution in [0.1, 0.15) is 37.8 Å². The summed E-state index contributed by atoms with van der Waals surface area (Å²) in [5.41, 5.74) is 1.50. The molecule has 7 heteroatoms. The molecule has 0 spiro atoms. The largest absolute Gasteiger partial charge is 0.463 e. The fraction of sp³-hybridized carbons (Fsp3) is 0.294. The Kier molecular flexibility index (Phi) is 4.99. The highest BCUT2D eigenvalue weighted by atomic mass is 16.6. The van der Waals surface area contributed by atoms with Gasteiger partial charge in [0.1, 0.15) is 5.92 Å². The molecule has 0 saturated carbocycles. The first kappa shape index (κ1) is 17.2. The third-order valence-corrected chi connectivity index (χ3v) is 3.81. The van der Waals surface area contributed by atoms with Gasteiger partial charge in [-0.3, -0.25) is 10.1 Å². The van der Waals surface area contributed by atoms with Crippen LogP contribution in [0.2, 0.25) is 0 Å². The fourth-order valence-corrected chi connectivity index (χ4v) is 2.86. The minimum absolute atomic E-state index is 0.150. The number of nitro groups is 1. The molecule has 0 radical (unpaired) electrons. The molecular weight excluding hydrogens is 310 g/mol. The zero-order valence-corrected chi connectivity index (χ0v) is 13.6. The van der Waals surface area contributed by atoms with Gasteiger partial charge in [-0.25, -0.2) is 4.79 Å². The summed E-state index contributed by atoms with van der Waals surface area (Å²) in [5, 5.41) is 23.9. The van der Waals surface area contributed by atoms with Crippen molar-refractivity contribution in [3.8, 4) is 6.07 Å². The Balaban J connectivity index is 2.74. The van der Waals surface area contributed by atoms with Crippen molar-refractivity contribution in [2.45, 2.75) is 26.7 Å². The lowest BCUT2D eigenvalue weighted by molar-refractivity contribution is -0.431. The molecule has 0 aromatic heterocycles. The molecule has 0 saturated heterocycles. The summed E-state index contributed by atoms with van der Waals surface area (Å²) in [6.45, 7) is 5.05. The molecule has 7 nitrogen and oxygen atoms in total. The van der Waals surface area contributed by atoms with E-state index in [0.717, 1.165) is 0 Å². The summed E-state index contributed by atoms with van der Waals surface area (Å²) in [5.74, 6) is -1.59. The molecule has 0 fully saturated rings. The summed E-state index contributed by atoms with van der Waals surface area (Å²) >= 11 is 0. The maximum atomic E-state index is 12.4. The van der Waals surface area contributed by atoms with Gasteiger partial charge in [-0.15, -0.1) is 0 Å². The Morgan fingerprint density at radius 2 is 2.04 bits per heavy atom. The van der Waals surface area contributed by atoms with Crippen LogP contribution in [0.4, 0.5) is 0 Å². The lowest BCUT2D eigenvalue weighted by atomic mass is 9.82. The standard InChI is InChI=1S/C17H17N3O4/c1-4-24-17(21)14-10(2)19-11(3)16(20(22)23)15(14)13-8-6-5-7-12(13)9-18/h5-8,15,19H,4H2,1-3H3. The molecule has 24 heavy (non-hydrogen) atoms. The number of nitriles is 1. The van der Waals surface area contributed by atoms with Crippen molar-refractivity contribution in [1.29, 1.82) is 5.26 Å². The molecule has 0 amide bonds. The molecule has 1 aromatic carbocycles. The number of carbonyl (C=O) groups is 1. The van der Waals surface area contributed by atoms with E-state index in [0.29, 0.717) is 17.0 Å². The number of rotatable bonds is 4. The van der Waals surface area contributed by atoms with E-state index in [4.69, 9.17) is 4.74 Å². The first-order valence-electron chi connectivity index (χ1n) is 7.41. The third-order valence-electron chi connectivity index (χ3n) is 3.81. The Hall–Kier alpha value is -3.14. The van der Waals surface area contributed by atoms with Crippen LogP contribution >= 0.6 is 0 Å². The van der Waals surface area contributed by atoms with E-state index >= 15 is 0 Å². The molecule has 1 aliphatic heterocycles. The number of hydrogen-bond acceptors (Lipinski definition) is 6. The van der Waals surface area contributed by atoms with Crippen LogP contribution in [0, 0.1) is 21.4 Å². The highest BCUT2D eigenvalue weighted by molar-refractivity contribution is 5.92. The van der Waals surface area contributed by atoms with Crippen LogP contribution in [-0.4, -0.2) is 17.5 Å². The van der Waals surface area contributed by atoms with Crippen molar-refractivity contribution >= 4 is 5.97 Å². The number of esters is 1. The van der Waals surface area contributed by atoms with Crippen molar-refractivity contribution in [1.82, 2.24) is 5.32 Å². The molecule has 1 unspecified atom stereocenters. The van der Waals surface area contributed by atoms with E-state index in [1.807, 2.05) is 6.07 Å². The van der Waals surface area contributed by atoms with E-state index in [1.54, 1.807) is 45.0 Å². The van der Waals surface area contributed by atoms with Crippen molar-refractivity contribution < 1.29 is 14.5 Å². The number of benzene rings is 1. The van der Waals surface area contributed by atoms with Gasteiger partial charge < -0.3 is 10.1 Å². The summed E-state index contributed by atoms with van der Waals surface area (Å²) in [4.78, 5) is 23.5. The van der Waals surface area contributed by atoms with E-state index < -0.39 is 16.8 Å². The van der Waals surface area contributed by atoms with Crippen LogP contribution in [0.5, 0.6) is 0 Å². The minimum Gasteiger partial charge on any atom is -0.463 e. The van der Waals surface area contributed by atoms with Gasteiger partial charge >= 0.3 is 5.97 Å². The van der Waals surface area contributed by atoms with Crippen LogP contribution in [0.25, 0.3) is 0 Å². The first-order chi connectivity index (χ1) is 11.4. The zero-order valence-electron chi connectivity index (χ0n) is 13.6. The number of hydrogen-bond donors (Lipinski definition) is 1. The van der Waals surface area contributed by atoms with Crippen LogP contribution in [-0.2, 0) is 9.53 Å². The molecule has 1 N–H and O–H groups in total. The quantitative estimate of drug-likeness (QED) is 0.517. The third kappa shape index (κ3) is 2.99. The predicted molar refractivity (Wildman–Crippen MR) is 86.1 cm³/mol. The van der Waals surface area contributed by atoms with Gasteiger partial charge in [0, 0.05) is 5.70 Å². The first-order valence-corrected chi connectivity index (χ1v) is 7.41. The Labute approximate surface area is 139 Å². The van der Waals surface area contributed by atoms with E-state index in [-0.39, 0.29) is 23.4 Å². The zero-order chi connectivity index (χ0) is 17.9. The molecule has 1 aromatic rings. The van der Waals surface area contributed by atoms with Crippen molar-refractivity contribution in [3.05, 3.63) is 68.2 Å². The second-order valence-electron chi connectivity index (χ2n) is 5.28. The number of nitrogens with zero attached hydrogens (tertiary/aromatic N) is 2. The Morgan fingerprint density at radius 3 is 2.62 bits per heavy atom. The second kappa shape index (κ2) is 6.96. The number of carbonyl (C=O) groups excluding carboxylic acids is 1. The molecule has 0 aliphatic carbocycles. The van der Waals surface area contributed by atoms with Gasteiger partial charge in [0.25, 0.3) is 5.70 Å². The Morgan fingerprint density at radius 1 is 1.38 bits per heavy atom. The van der Waals surface area contributed by atoms with Gasteiger partial charge in [0.2, 0.25) is 0 Å². The average Bonchev–Trinajstić information content (AvgIpc) is 2.53. The number of allylic oxidation sites excluding steroid dienone is 3. The van der Waals surface area contributed by atoms with Gasteiger partial charge in [0.15, 0.2) is 0 Å². The van der Waals surface area contributed by atoms with Gasteiger partial charge in [-0.2, -0.15) is 5.26 Å². The molecule has 1 aliphatic rings. The lowest BCUT2D eigenvalue weighted by Crippen LogP contribution is -2.32. The maximum absolute atomic E-state index is 12.4. The number of ether oxygens (including phenoxy) is 1. The highest BCUT2D eigenvalue weighted by Gasteiger charge is 2.41. The van der Waals surface area contributed by atoms with Crippen LogP contribution < -0.4 is 5.32 Å². The van der Waals surface area contributed by atoms with Gasteiger partial charge in [-0.05, 0) is 32.4 Å². The normalized spacial score (nSPS) is 17.2. The molecule has 1 heterocycles. The van der Waals surface area contributed by atoms with Crippen LogP contribution in [0.3, 0.4) is 0 Å². The Bertz CT molecular complexity index is 802. The van der Waals surface area contributed by atoms with E-state index in [2.05, 4.69) is 5.32 Å². The molecular formula is C17H17N3O4. The molecule has 124 valence electrons. The maximum Gasteiger partial charge on any atom is 0.336 e.